The third-order valence-electron chi connectivity index (χ3n) is 9.41. The molecule has 3 aromatic rings. The number of amides is 1. The van der Waals surface area contributed by atoms with E-state index in [0.717, 1.165) is 41.6 Å². The van der Waals surface area contributed by atoms with E-state index < -0.39 is 55.8 Å². The van der Waals surface area contributed by atoms with Gasteiger partial charge in [-0.3, -0.25) is 9.89 Å². The minimum Gasteiger partial charge on any atom is -0.338 e. The molecule has 1 amide bonds. The molecule has 44 heavy (non-hydrogen) atoms. The van der Waals surface area contributed by atoms with E-state index in [9.17, 15) is 43.9 Å². The Hall–Kier alpha value is -3.49. The predicted octanol–water partition coefficient (Wildman–Crippen LogP) is 6.06. The molecule has 2 aliphatic carbocycles. The van der Waals surface area contributed by atoms with Gasteiger partial charge in [0.2, 0.25) is 5.91 Å². The number of rotatable bonds is 4. The van der Waals surface area contributed by atoms with Gasteiger partial charge in [-0.1, -0.05) is 18.2 Å². The number of fused-ring (bicyclic) bond motifs is 4. The van der Waals surface area contributed by atoms with Crippen molar-refractivity contribution in [3.63, 3.8) is 0 Å². The molecular weight excluding hydrogens is 622 g/mol. The highest BCUT2D eigenvalue weighted by molar-refractivity contribution is 7.92. The summed E-state index contributed by atoms with van der Waals surface area (Å²) < 4.78 is 137. The zero-order chi connectivity index (χ0) is 31.9. The number of aryl methyl sites for hydroxylation is 1. The Labute approximate surface area is 246 Å². The van der Waals surface area contributed by atoms with E-state index in [0.29, 0.717) is 25.1 Å². The summed E-state index contributed by atoms with van der Waals surface area (Å²) in [5, 5.41) is 6.85. The first-order valence-corrected chi connectivity index (χ1v) is 15.3. The zero-order valence-electron chi connectivity index (χ0n) is 22.8. The van der Waals surface area contributed by atoms with Crippen molar-refractivity contribution in [1.82, 2.24) is 15.1 Å². The van der Waals surface area contributed by atoms with Gasteiger partial charge < -0.3 is 4.90 Å². The summed E-state index contributed by atoms with van der Waals surface area (Å²) in [6.07, 6.45) is -11.0. The van der Waals surface area contributed by atoms with Crippen LogP contribution < -0.4 is 0 Å². The van der Waals surface area contributed by atoms with E-state index in [1.807, 2.05) is 0 Å². The molecule has 2 heterocycles. The number of alkyl halides is 7. The Morgan fingerprint density at radius 2 is 1.61 bits per heavy atom. The first-order chi connectivity index (χ1) is 20.5. The van der Waals surface area contributed by atoms with Crippen molar-refractivity contribution in [1.29, 1.82) is 0 Å². The van der Waals surface area contributed by atoms with Gasteiger partial charge in [0.05, 0.1) is 11.1 Å². The second-order valence-corrected chi connectivity index (χ2v) is 13.8. The fraction of sp³-hybridized carbons (Fsp3) is 0.448. The molecule has 1 fully saturated rings. The molecule has 6 rings (SSSR count). The SMILES string of the molecule is O=C([C@@H]1CC[C@@]2(S(=O)(=O)c3ccc(F)cc3)c3ccc(C(F)(C(F)(F)F)C(F)(F)F)cc3CC[C@@H]12)N1CCc2[nH]ncc2C1. The van der Waals surface area contributed by atoms with Crippen LogP contribution in [0.1, 0.15) is 47.2 Å². The highest BCUT2D eigenvalue weighted by Crippen LogP contribution is 2.61. The monoisotopic (exact) mass is 647 g/mol. The average molecular weight is 648 g/mol. The Kier molecular flexibility index (Phi) is 6.95. The van der Waals surface area contributed by atoms with Crippen molar-refractivity contribution < 1.29 is 48.3 Å². The van der Waals surface area contributed by atoms with Gasteiger partial charge in [-0.15, -0.1) is 0 Å². The van der Waals surface area contributed by atoms with E-state index in [2.05, 4.69) is 10.2 Å². The Morgan fingerprint density at radius 1 is 0.932 bits per heavy atom. The molecule has 0 spiro atoms. The summed E-state index contributed by atoms with van der Waals surface area (Å²) in [7, 11) is -4.52. The summed E-state index contributed by atoms with van der Waals surface area (Å²) in [6.45, 7) is 0.571. The van der Waals surface area contributed by atoms with Crippen LogP contribution in [0.4, 0.5) is 35.1 Å². The molecule has 0 radical (unpaired) electrons. The summed E-state index contributed by atoms with van der Waals surface area (Å²) in [6, 6.07) is 5.47. The molecule has 1 N–H and O–H groups in total. The first-order valence-electron chi connectivity index (χ1n) is 13.8. The van der Waals surface area contributed by atoms with Gasteiger partial charge in [-0.05, 0) is 67.0 Å². The largest absolute Gasteiger partial charge is 0.435 e. The number of H-pyrrole nitrogens is 1. The fourth-order valence-electron chi connectivity index (χ4n) is 7.32. The topological polar surface area (TPSA) is 83.1 Å². The van der Waals surface area contributed by atoms with E-state index in [4.69, 9.17) is 0 Å². The normalized spacial score (nSPS) is 24.0. The van der Waals surface area contributed by atoms with Gasteiger partial charge in [0.15, 0.2) is 9.84 Å². The van der Waals surface area contributed by atoms with Crippen molar-refractivity contribution in [2.45, 2.75) is 66.3 Å². The Balaban J connectivity index is 1.47. The van der Waals surface area contributed by atoms with Crippen LogP contribution in [-0.4, -0.2) is 48.3 Å². The number of aromatic nitrogens is 2. The zero-order valence-corrected chi connectivity index (χ0v) is 23.6. The molecule has 0 unspecified atom stereocenters. The highest BCUT2D eigenvalue weighted by Gasteiger charge is 2.74. The maximum absolute atomic E-state index is 15.0. The molecule has 1 aromatic heterocycles. The number of carbonyl (C=O) groups is 1. The average Bonchev–Trinajstić information content (AvgIpc) is 3.60. The minimum absolute atomic E-state index is 0.0675. The molecule has 1 saturated carbocycles. The van der Waals surface area contributed by atoms with Crippen LogP contribution >= 0.6 is 0 Å². The van der Waals surface area contributed by atoms with Crippen LogP contribution in [-0.2, 0) is 44.4 Å². The number of benzene rings is 2. The van der Waals surface area contributed by atoms with E-state index in [-0.39, 0.29) is 54.2 Å². The van der Waals surface area contributed by atoms with Gasteiger partial charge in [-0.2, -0.15) is 31.4 Å². The van der Waals surface area contributed by atoms with Crippen LogP contribution in [0.25, 0.3) is 0 Å². The van der Waals surface area contributed by atoms with Crippen LogP contribution in [0, 0.1) is 17.7 Å². The van der Waals surface area contributed by atoms with E-state index >= 15 is 4.39 Å². The molecule has 236 valence electrons. The minimum atomic E-state index is -6.34. The second kappa shape index (κ2) is 10.0. The van der Waals surface area contributed by atoms with Gasteiger partial charge in [0.1, 0.15) is 10.6 Å². The molecule has 3 atom stereocenters. The van der Waals surface area contributed by atoms with Gasteiger partial charge in [0.25, 0.3) is 0 Å². The van der Waals surface area contributed by atoms with Crippen molar-refractivity contribution in [3.05, 3.63) is 82.4 Å². The number of carbonyl (C=O) groups excluding carboxylic acids is 1. The lowest BCUT2D eigenvalue weighted by molar-refractivity contribution is -0.348. The lowest BCUT2D eigenvalue weighted by atomic mass is 9.72. The van der Waals surface area contributed by atoms with Crippen LogP contribution in [0.5, 0.6) is 0 Å². The maximum atomic E-state index is 15.0. The fourth-order valence-corrected chi connectivity index (χ4v) is 9.79. The summed E-state index contributed by atoms with van der Waals surface area (Å²) in [4.78, 5) is 15.2. The molecule has 0 saturated heterocycles. The van der Waals surface area contributed by atoms with Crippen molar-refractivity contribution in [3.8, 4) is 0 Å². The van der Waals surface area contributed by atoms with Crippen LogP contribution in [0.15, 0.2) is 53.6 Å². The van der Waals surface area contributed by atoms with Gasteiger partial charge in [0, 0.05) is 42.2 Å². The number of nitrogens with zero attached hydrogens (tertiary/aromatic N) is 2. The van der Waals surface area contributed by atoms with E-state index in [1.54, 1.807) is 11.1 Å². The summed E-state index contributed by atoms with van der Waals surface area (Å²) in [5.74, 6) is -2.80. The number of halogens is 8. The molecule has 3 aliphatic rings. The highest BCUT2D eigenvalue weighted by atomic mass is 32.2. The van der Waals surface area contributed by atoms with Gasteiger partial charge >= 0.3 is 18.0 Å². The van der Waals surface area contributed by atoms with Gasteiger partial charge in [-0.25, -0.2) is 17.2 Å². The predicted molar refractivity (Wildman–Crippen MR) is 139 cm³/mol. The van der Waals surface area contributed by atoms with E-state index in [1.165, 1.54) is 0 Å². The smallest absolute Gasteiger partial charge is 0.338 e. The van der Waals surface area contributed by atoms with Crippen molar-refractivity contribution >= 4 is 15.7 Å². The summed E-state index contributed by atoms with van der Waals surface area (Å²) >= 11 is 0. The Bertz CT molecular complexity index is 1700. The van der Waals surface area contributed by atoms with Crippen LogP contribution in [0.2, 0.25) is 0 Å². The maximum Gasteiger partial charge on any atom is 0.435 e. The van der Waals surface area contributed by atoms with Crippen LogP contribution in [0.3, 0.4) is 0 Å². The standard InChI is InChI=1S/C29H25F8N3O3S/c30-19-3-5-20(6-4-19)44(42,43)26-11-9-21(25(41)40-12-10-24-17(15-40)14-38-39-24)23(26)7-1-16-13-18(2-8-22(16)26)27(31,28(32,33)34)29(35,36)37/h2-6,8,13-14,21,23H,1,7,9-12,15H2,(H,38,39)/t21-,23+,26-/m1/s1. The lowest BCUT2D eigenvalue weighted by Gasteiger charge is -2.43. The molecule has 1 aliphatic heterocycles. The number of aromatic amines is 1. The third kappa shape index (κ3) is 4.28. The molecule has 2 aromatic carbocycles. The molecule has 15 heteroatoms. The Morgan fingerprint density at radius 3 is 2.27 bits per heavy atom. The second-order valence-electron chi connectivity index (χ2n) is 11.5. The number of nitrogens with one attached hydrogen (secondary N) is 1. The third-order valence-corrected chi connectivity index (χ3v) is 12.0. The van der Waals surface area contributed by atoms with Crippen molar-refractivity contribution in [2.24, 2.45) is 11.8 Å². The molecule has 6 nitrogen and oxygen atoms in total. The number of hydrogen-bond acceptors (Lipinski definition) is 4. The number of hydrogen-bond donors (Lipinski definition) is 1. The quantitative estimate of drug-likeness (QED) is 0.276. The summed E-state index contributed by atoms with van der Waals surface area (Å²) in [5.41, 5.74) is -5.99. The first kappa shape index (κ1) is 30.5. The molecule has 0 bridgehead atoms. The lowest BCUT2D eigenvalue weighted by Crippen LogP contribution is -2.51. The number of sulfone groups is 1. The molecular formula is C29H25F8N3O3S. The van der Waals surface area contributed by atoms with Crippen molar-refractivity contribution in [2.75, 3.05) is 6.54 Å².